The molecule has 0 saturated heterocycles. The van der Waals surface area contributed by atoms with Gasteiger partial charge in [-0.2, -0.15) is 0 Å². The first-order valence-corrected chi connectivity index (χ1v) is 7.25. The molecule has 23 heavy (non-hydrogen) atoms. The maximum absolute atomic E-state index is 12.7. The number of rotatable bonds is 3. The van der Waals surface area contributed by atoms with Gasteiger partial charge >= 0.3 is 0 Å². The second-order valence-electron chi connectivity index (χ2n) is 5.45. The molecule has 0 aliphatic heterocycles. The molecule has 0 unspecified atom stereocenters. The number of fused-ring (bicyclic) bond motifs is 1. The van der Waals surface area contributed by atoms with E-state index in [-0.39, 0.29) is 35.1 Å². The van der Waals surface area contributed by atoms with Crippen LogP contribution in [0.1, 0.15) is 33.3 Å². The van der Waals surface area contributed by atoms with Gasteiger partial charge in [0.15, 0.2) is 5.76 Å². The number of ketones is 2. The van der Waals surface area contributed by atoms with Gasteiger partial charge < -0.3 is 14.4 Å². The van der Waals surface area contributed by atoms with Gasteiger partial charge in [-0.15, -0.1) is 0 Å². The second-order valence-corrected chi connectivity index (χ2v) is 5.45. The monoisotopic (exact) mass is 311 g/mol. The molecular formula is C18H17NO4. The molecule has 0 fully saturated rings. The molecule has 0 atom stereocenters. The number of hydrogen-bond donors (Lipinski definition) is 1. The largest absolute Gasteiger partial charge is 0.492 e. The molecule has 1 aliphatic rings. The topological polar surface area (TPSA) is 68.5 Å². The quantitative estimate of drug-likeness (QED) is 0.945. The van der Waals surface area contributed by atoms with E-state index in [9.17, 15) is 14.7 Å². The molecule has 2 aromatic rings. The van der Waals surface area contributed by atoms with Crippen LogP contribution in [0.3, 0.4) is 0 Å². The van der Waals surface area contributed by atoms with E-state index >= 15 is 0 Å². The third kappa shape index (κ3) is 2.04. The Morgan fingerprint density at radius 3 is 2.30 bits per heavy atom. The summed E-state index contributed by atoms with van der Waals surface area (Å²) >= 11 is 0. The third-order valence-corrected chi connectivity index (χ3v) is 4.23. The van der Waals surface area contributed by atoms with Crippen molar-refractivity contribution in [2.75, 3.05) is 7.11 Å². The van der Waals surface area contributed by atoms with E-state index in [2.05, 4.69) is 0 Å². The zero-order valence-electron chi connectivity index (χ0n) is 13.2. The van der Waals surface area contributed by atoms with Crippen molar-refractivity contribution in [3.8, 4) is 11.3 Å². The fraction of sp³-hybridized carbons (Fsp3) is 0.222. The zero-order chi connectivity index (χ0) is 16.7. The number of nitrogens with zero attached hydrogens (tertiary/aromatic N) is 1. The Morgan fingerprint density at radius 2 is 1.74 bits per heavy atom. The van der Waals surface area contributed by atoms with E-state index in [1.807, 2.05) is 30.3 Å². The van der Waals surface area contributed by atoms with Crippen molar-refractivity contribution < 1.29 is 19.4 Å². The first-order chi connectivity index (χ1) is 11.0. The third-order valence-electron chi connectivity index (χ3n) is 4.23. The predicted molar refractivity (Wildman–Crippen MR) is 85.1 cm³/mol. The molecule has 0 bridgehead atoms. The van der Waals surface area contributed by atoms with Gasteiger partial charge in [0.25, 0.3) is 0 Å². The lowest BCUT2D eigenvalue weighted by Crippen LogP contribution is -2.23. The van der Waals surface area contributed by atoms with Gasteiger partial charge in [-0.25, -0.2) is 0 Å². The molecule has 5 nitrogen and oxygen atoms in total. The number of allylic oxidation sites excluding steroid dienone is 2. The molecule has 0 spiro atoms. The van der Waals surface area contributed by atoms with Crippen LogP contribution in [0.2, 0.25) is 0 Å². The maximum atomic E-state index is 12.7. The summed E-state index contributed by atoms with van der Waals surface area (Å²) in [7, 11) is 3.10. The molecule has 3 rings (SSSR count). The Morgan fingerprint density at radius 1 is 1.09 bits per heavy atom. The second kappa shape index (κ2) is 5.52. The minimum atomic E-state index is -0.360. The van der Waals surface area contributed by atoms with Crippen LogP contribution in [0.15, 0.2) is 41.7 Å². The normalized spacial score (nSPS) is 14.3. The number of carbonyl (C=O) groups is 2. The molecule has 1 heterocycles. The Balaban J connectivity index is 2.35. The van der Waals surface area contributed by atoms with Crippen LogP contribution >= 0.6 is 0 Å². The summed E-state index contributed by atoms with van der Waals surface area (Å²) in [6.07, 6.45) is 0. The molecule has 1 aromatic heterocycles. The van der Waals surface area contributed by atoms with Crippen molar-refractivity contribution in [2.45, 2.75) is 13.5 Å². The summed E-state index contributed by atoms with van der Waals surface area (Å²) in [4.78, 5) is 25.4. The van der Waals surface area contributed by atoms with Gasteiger partial charge in [0, 0.05) is 18.2 Å². The lowest BCUT2D eigenvalue weighted by Gasteiger charge is -2.16. The number of Topliss-reactive ketones (excluding diaryl/α,β-unsaturated/α-hetero) is 2. The van der Waals surface area contributed by atoms with E-state index in [4.69, 9.17) is 4.74 Å². The lowest BCUT2D eigenvalue weighted by molar-refractivity contribution is 0.0901. The van der Waals surface area contributed by atoms with Crippen LogP contribution in [0, 0.1) is 0 Å². The Labute approximate surface area is 133 Å². The molecule has 0 saturated carbocycles. The van der Waals surface area contributed by atoms with Crippen molar-refractivity contribution in [1.29, 1.82) is 0 Å². The highest BCUT2D eigenvalue weighted by molar-refractivity contribution is 6.26. The van der Waals surface area contributed by atoms with E-state index in [0.29, 0.717) is 17.0 Å². The first-order valence-electron chi connectivity index (χ1n) is 7.25. The summed E-state index contributed by atoms with van der Waals surface area (Å²) in [6, 6.07) is 9.39. The highest BCUT2D eigenvalue weighted by atomic mass is 16.5. The Kier molecular flexibility index (Phi) is 3.66. The minimum absolute atomic E-state index is 0.0439. The number of aromatic nitrogens is 1. The van der Waals surface area contributed by atoms with E-state index < -0.39 is 0 Å². The molecular weight excluding hydrogens is 294 g/mol. The number of aliphatic hydroxyl groups is 1. The molecule has 0 amide bonds. The molecule has 118 valence electrons. The van der Waals surface area contributed by atoms with Gasteiger partial charge in [0.2, 0.25) is 11.6 Å². The number of carbonyl (C=O) groups excluding carboxylic acids is 2. The summed E-state index contributed by atoms with van der Waals surface area (Å²) in [6.45, 7) is 1.25. The van der Waals surface area contributed by atoms with E-state index in [1.54, 1.807) is 18.5 Å². The lowest BCUT2D eigenvalue weighted by atomic mass is 9.91. The average molecular weight is 311 g/mol. The number of benzene rings is 1. The predicted octanol–water partition coefficient (Wildman–Crippen LogP) is 2.48. The Hall–Kier alpha value is -2.66. The van der Waals surface area contributed by atoms with Crippen LogP contribution in [0.4, 0.5) is 0 Å². The Bertz CT molecular complexity index is 844. The fourth-order valence-electron chi connectivity index (χ4n) is 3.18. The van der Waals surface area contributed by atoms with Crippen LogP contribution in [0.25, 0.3) is 11.3 Å². The molecule has 0 radical (unpaired) electrons. The average Bonchev–Trinajstić information content (AvgIpc) is 2.87. The SMILES string of the molecule is COC1=C(C)C(=O)c2c(c(CO)c(-c3ccccc3)n2C)C1=O. The van der Waals surface area contributed by atoms with Crippen molar-refractivity contribution in [3.05, 3.63) is 58.5 Å². The standard InChI is InChI=1S/C18H17NO4/c1-10-16(21)15-13(17(22)18(10)23-3)12(9-20)14(19(15)2)11-7-5-4-6-8-11/h4-8,20H,9H2,1-3H3. The van der Waals surface area contributed by atoms with Gasteiger partial charge in [0.1, 0.15) is 5.69 Å². The summed E-state index contributed by atoms with van der Waals surface area (Å²) < 4.78 is 6.80. The van der Waals surface area contributed by atoms with Gasteiger partial charge in [-0.3, -0.25) is 9.59 Å². The summed E-state index contributed by atoms with van der Waals surface area (Å²) in [5.74, 6) is -0.570. The van der Waals surface area contributed by atoms with E-state index in [1.165, 1.54) is 7.11 Å². The van der Waals surface area contributed by atoms with Gasteiger partial charge in [0.05, 0.1) is 25.0 Å². The minimum Gasteiger partial charge on any atom is -0.492 e. The van der Waals surface area contributed by atoms with Crippen LogP contribution in [-0.2, 0) is 18.4 Å². The highest BCUT2D eigenvalue weighted by Crippen LogP contribution is 2.37. The number of ether oxygens (including phenoxy) is 1. The number of methoxy groups -OCH3 is 1. The van der Waals surface area contributed by atoms with Gasteiger partial charge in [-0.1, -0.05) is 30.3 Å². The highest BCUT2D eigenvalue weighted by Gasteiger charge is 2.38. The molecule has 1 aromatic carbocycles. The van der Waals surface area contributed by atoms with Crippen molar-refractivity contribution in [2.24, 2.45) is 7.05 Å². The molecule has 1 aliphatic carbocycles. The number of hydrogen-bond acceptors (Lipinski definition) is 4. The van der Waals surface area contributed by atoms with Crippen LogP contribution in [0.5, 0.6) is 0 Å². The first kappa shape index (κ1) is 15.2. The van der Waals surface area contributed by atoms with E-state index in [0.717, 1.165) is 5.56 Å². The van der Waals surface area contributed by atoms with Crippen LogP contribution in [-0.4, -0.2) is 28.3 Å². The van der Waals surface area contributed by atoms with Crippen LogP contribution < -0.4 is 0 Å². The number of aliphatic hydroxyl groups excluding tert-OH is 1. The maximum Gasteiger partial charge on any atom is 0.230 e. The fourth-order valence-corrected chi connectivity index (χ4v) is 3.18. The zero-order valence-corrected chi connectivity index (χ0v) is 13.2. The smallest absolute Gasteiger partial charge is 0.230 e. The summed E-state index contributed by atoms with van der Waals surface area (Å²) in [5, 5.41) is 9.84. The summed E-state index contributed by atoms with van der Waals surface area (Å²) in [5.41, 5.74) is 2.79. The van der Waals surface area contributed by atoms with Gasteiger partial charge in [-0.05, 0) is 12.5 Å². The van der Waals surface area contributed by atoms with Crippen molar-refractivity contribution in [1.82, 2.24) is 4.57 Å². The van der Waals surface area contributed by atoms with Crippen molar-refractivity contribution in [3.63, 3.8) is 0 Å². The molecule has 1 N–H and O–H groups in total. The van der Waals surface area contributed by atoms with Crippen molar-refractivity contribution >= 4 is 11.6 Å². The molecule has 5 heteroatoms.